The second kappa shape index (κ2) is 8.53. The van der Waals surface area contributed by atoms with E-state index in [1.54, 1.807) is 43.3 Å². The average Bonchev–Trinajstić information content (AvgIpc) is 2.57. The molecule has 0 atom stereocenters. The summed E-state index contributed by atoms with van der Waals surface area (Å²) in [6.45, 7) is 4.07. The SMILES string of the molecule is CCCc1ccc(S(=O)(=O)Nc2ccc(NC(=O)OCC)cc2)cc1. The molecule has 7 heteroatoms. The Hall–Kier alpha value is -2.54. The number of rotatable bonds is 7. The van der Waals surface area contributed by atoms with Crippen molar-refractivity contribution in [1.82, 2.24) is 0 Å². The van der Waals surface area contributed by atoms with E-state index in [-0.39, 0.29) is 11.5 Å². The average molecular weight is 362 g/mol. The second-order valence-corrected chi connectivity index (χ2v) is 7.10. The van der Waals surface area contributed by atoms with Crippen LogP contribution in [0.1, 0.15) is 25.8 Å². The Morgan fingerprint density at radius 2 is 1.56 bits per heavy atom. The summed E-state index contributed by atoms with van der Waals surface area (Å²) in [6.07, 6.45) is 1.38. The maximum absolute atomic E-state index is 12.4. The molecular weight excluding hydrogens is 340 g/mol. The molecule has 2 aromatic carbocycles. The molecule has 0 aliphatic carbocycles. The Labute approximate surface area is 148 Å². The zero-order chi connectivity index (χ0) is 18.3. The fourth-order valence-corrected chi connectivity index (χ4v) is 3.30. The number of aryl methyl sites for hydroxylation is 1. The van der Waals surface area contributed by atoms with Crippen molar-refractivity contribution < 1.29 is 17.9 Å². The molecule has 0 fully saturated rings. The molecule has 0 aliphatic rings. The van der Waals surface area contributed by atoms with Gasteiger partial charge < -0.3 is 4.74 Å². The van der Waals surface area contributed by atoms with Gasteiger partial charge >= 0.3 is 6.09 Å². The summed E-state index contributed by atoms with van der Waals surface area (Å²) in [5.74, 6) is 0. The van der Waals surface area contributed by atoms with Gasteiger partial charge in [-0.2, -0.15) is 0 Å². The third-order valence-electron chi connectivity index (χ3n) is 3.43. The lowest BCUT2D eigenvalue weighted by molar-refractivity contribution is 0.168. The monoisotopic (exact) mass is 362 g/mol. The van der Waals surface area contributed by atoms with Gasteiger partial charge in [-0.25, -0.2) is 13.2 Å². The highest BCUT2D eigenvalue weighted by Crippen LogP contribution is 2.19. The first-order chi connectivity index (χ1) is 11.9. The Balaban J connectivity index is 2.05. The number of anilines is 2. The maximum atomic E-state index is 12.4. The molecule has 6 nitrogen and oxygen atoms in total. The van der Waals surface area contributed by atoms with E-state index in [0.29, 0.717) is 11.4 Å². The van der Waals surface area contributed by atoms with Crippen LogP contribution in [0, 0.1) is 0 Å². The highest BCUT2D eigenvalue weighted by Gasteiger charge is 2.14. The van der Waals surface area contributed by atoms with Crippen LogP contribution < -0.4 is 10.0 Å². The first-order valence-corrected chi connectivity index (χ1v) is 9.58. The number of benzene rings is 2. The lowest BCUT2D eigenvalue weighted by Crippen LogP contribution is -2.14. The predicted molar refractivity (Wildman–Crippen MR) is 98.3 cm³/mol. The third kappa shape index (κ3) is 5.49. The van der Waals surface area contributed by atoms with E-state index in [1.807, 2.05) is 12.1 Å². The largest absolute Gasteiger partial charge is 0.450 e. The zero-order valence-electron chi connectivity index (χ0n) is 14.3. The fourth-order valence-electron chi connectivity index (χ4n) is 2.24. The van der Waals surface area contributed by atoms with Crippen LogP contribution in [-0.4, -0.2) is 21.1 Å². The van der Waals surface area contributed by atoms with Gasteiger partial charge in [0, 0.05) is 11.4 Å². The van der Waals surface area contributed by atoms with Crippen LogP contribution in [0.4, 0.5) is 16.2 Å². The zero-order valence-corrected chi connectivity index (χ0v) is 15.1. The quantitative estimate of drug-likeness (QED) is 0.779. The molecule has 0 bridgehead atoms. The Morgan fingerprint density at radius 3 is 2.12 bits per heavy atom. The minimum absolute atomic E-state index is 0.209. The molecule has 2 rings (SSSR count). The number of hydrogen-bond acceptors (Lipinski definition) is 4. The molecule has 1 amide bonds. The van der Waals surface area contributed by atoms with Gasteiger partial charge in [-0.3, -0.25) is 10.0 Å². The Morgan fingerprint density at radius 1 is 0.960 bits per heavy atom. The lowest BCUT2D eigenvalue weighted by atomic mass is 10.1. The lowest BCUT2D eigenvalue weighted by Gasteiger charge is -2.10. The molecule has 0 spiro atoms. The van der Waals surface area contributed by atoms with Crippen molar-refractivity contribution in [2.24, 2.45) is 0 Å². The van der Waals surface area contributed by atoms with Crippen molar-refractivity contribution in [3.63, 3.8) is 0 Å². The van der Waals surface area contributed by atoms with Gasteiger partial charge in [-0.05, 0) is 55.3 Å². The van der Waals surface area contributed by atoms with Crippen LogP contribution in [0.2, 0.25) is 0 Å². The number of hydrogen-bond donors (Lipinski definition) is 2. The molecule has 0 aromatic heterocycles. The molecular formula is C18H22N2O4S. The summed E-state index contributed by atoms with van der Waals surface area (Å²) in [4.78, 5) is 11.5. The second-order valence-electron chi connectivity index (χ2n) is 5.42. The molecule has 2 N–H and O–H groups in total. The molecule has 0 saturated carbocycles. The van der Waals surface area contributed by atoms with Gasteiger partial charge in [0.25, 0.3) is 10.0 Å². The molecule has 0 radical (unpaired) electrons. The van der Waals surface area contributed by atoms with Crippen LogP contribution in [0.5, 0.6) is 0 Å². The van der Waals surface area contributed by atoms with E-state index in [1.165, 1.54) is 0 Å². The third-order valence-corrected chi connectivity index (χ3v) is 4.83. The number of carbonyl (C=O) groups is 1. The number of carbonyl (C=O) groups excluding carboxylic acids is 1. The van der Waals surface area contributed by atoms with Gasteiger partial charge in [0.15, 0.2) is 0 Å². The number of ether oxygens (including phenoxy) is 1. The van der Waals surface area contributed by atoms with Crippen molar-refractivity contribution in [3.05, 3.63) is 54.1 Å². The minimum Gasteiger partial charge on any atom is -0.450 e. The van der Waals surface area contributed by atoms with Crippen LogP contribution in [0.15, 0.2) is 53.4 Å². The summed E-state index contributed by atoms with van der Waals surface area (Å²) in [5.41, 5.74) is 2.04. The minimum atomic E-state index is -3.65. The normalized spacial score (nSPS) is 11.0. The van der Waals surface area contributed by atoms with Crippen molar-refractivity contribution in [3.8, 4) is 0 Å². The number of sulfonamides is 1. The van der Waals surface area contributed by atoms with Crippen LogP contribution in [-0.2, 0) is 21.2 Å². The molecule has 0 aliphatic heterocycles. The van der Waals surface area contributed by atoms with Crippen LogP contribution in [0.25, 0.3) is 0 Å². The van der Waals surface area contributed by atoms with E-state index in [2.05, 4.69) is 17.0 Å². The van der Waals surface area contributed by atoms with E-state index < -0.39 is 16.1 Å². The summed E-state index contributed by atoms with van der Waals surface area (Å²) in [5, 5.41) is 2.54. The van der Waals surface area contributed by atoms with Crippen LogP contribution in [0.3, 0.4) is 0 Å². The van der Waals surface area contributed by atoms with Gasteiger partial charge in [-0.1, -0.05) is 25.5 Å². The van der Waals surface area contributed by atoms with Gasteiger partial charge in [0.2, 0.25) is 0 Å². The van der Waals surface area contributed by atoms with Crippen molar-refractivity contribution in [2.45, 2.75) is 31.6 Å². The van der Waals surface area contributed by atoms with E-state index >= 15 is 0 Å². The molecule has 134 valence electrons. The van der Waals surface area contributed by atoms with Crippen molar-refractivity contribution >= 4 is 27.5 Å². The van der Waals surface area contributed by atoms with Crippen LogP contribution >= 0.6 is 0 Å². The highest BCUT2D eigenvalue weighted by molar-refractivity contribution is 7.92. The Kier molecular flexibility index (Phi) is 6.41. The molecule has 0 heterocycles. The van der Waals surface area contributed by atoms with Crippen molar-refractivity contribution in [2.75, 3.05) is 16.6 Å². The van der Waals surface area contributed by atoms with E-state index in [4.69, 9.17) is 4.74 Å². The standard InChI is InChI=1S/C18H22N2O4S/c1-3-5-14-6-12-17(13-7-14)25(22,23)20-16-10-8-15(9-11-16)19-18(21)24-4-2/h6-13,20H,3-5H2,1-2H3,(H,19,21). The smallest absolute Gasteiger partial charge is 0.411 e. The molecule has 2 aromatic rings. The van der Waals surface area contributed by atoms with Crippen molar-refractivity contribution in [1.29, 1.82) is 0 Å². The van der Waals surface area contributed by atoms with E-state index in [0.717, 1.165) is 18.4 Å². The summed E-state index contributed by atoms with van der Waals surface area (Å²) in [6, 6.07) is 13.2. The first kappa shape index (κ1) is 18.8. The summed E-state index contributed by atoms with van der Waals surface area (Å²) in [7, 11) is -3.65. The first-order valence-electron chi connectivity index (χ1n) is 8.10. The topological polar surface area (TPSA) is 84.5 Å². The van der Waals surface area contributed by atoms with Gasteiger partial charge in [0.1, 0.15) is 0 Å². The van der Waals surface area contributed by atoms with Gasteiger partial charge in [-0.15, -0.1) is 0 Å². The summed E-state index contributed by atoms with van der Waals surface area (Å²) >= 11 is 0. The van der Waals surface area contributed by atoms with E-state index in [9.17, 15) is 13.2 Å². The molecule has 0 saturated heterocycles. The number of amides is 1. The Bertz CT molecular complexity index is 800. The molecule has 25 heavy (non-hydrogen) atoms. The fraction of sp³-hybridized carbons (Fsp3) is 0.278. The summed E-state index contributed by atoms with van der Waals surface area (Å²) < 4.78 is 32.1. The maximum Gasteiger partial charge on any atom is 0.411 e. The highest BCUT2D eigenvalue weighted by atomic mass is 32.2. The predicted octanol–water partition coefficient (Wildman–Crippen LogP) is 4.01. The number of nitrogens with one attached hydrogen (secondary N) is 2. The molecule has 0 unspecified atom stereocenters. The van der Waals surface area contributed by atoms with Gasteiger partial charge in [0.05, 0.1) is 11.5 Å².